The van der Waals surface area contributed by atoms with Crippen molar-refractivity contribution in [1.82, 2.24) is 11.0 Å². The minimum Gasteiger partial charge on any atom is -0.312 e. The molecule has 2 amide bonds. The standard InChI is InChI=1S/C3H7N3O4/c4-1(2(7)5-9)3(8)6-10/h1,9-10H,4H2,(H,5,7)(H,6,8). The lowest BCUT2D eigenvalue weighted by Crippen LogP contribution is -2.49. The van der Waals surface area contributed by atoms with Gasteiger partial charge in [0.15, 0.2) is 6.04 Å². The van der Waals surface area contributed by atoms with E-state index in [0.29, 0.717) is 0 Å². The fourth-order valence-corrected chi connectivity index (χ4v) is 0.258. The van der Waals surface area contributed by atoms with Gasteiger partial charge in [0, 0.05) is 0 Å². The molecule has 58 valence electrons. The van der Waals surface area contributed by atoms with Crippen LogP contribution in [0.25, 0.3) is 0 Å². The number of rotatable bonds is 2. The van der Waals surface area contributed by atoms with E-state index in [4.69, 9.17) is 16.1 Å². The average Bonchev–Trinajstić information content (AvgIpc) is 2.00. The predicted octanol–water partition coefficient (Wildman–Crippen LogP) is -2.68. The molecule has 0 aromatic carbocycles. The maximum absolute atomic E-state index is 10.3. The van der Waals surface area contributed by atoms with Crippen LogP contribution >= 0.6 is 0 Å². The Morgan fingerprint density at radius 2 is 1.50 bits per heavy atom. The molecular formula is C3H7N3O4. The van der Waals surface area contributed by atoms with E-state index in [1.54, 1.807) is 0 Å². The zero-order chi connectivity index (χ0) is 8.15. The first kappa shape index (κ1) is 8.82. The molecule has 0 radical (unpaired) electrons. The van der Waals surface area contributed by atoms with Gasteiger partial charge in [-0.25, -0.2) is 11.0 Å². The number of hydrogen-bond donors (Lipinski definition) is 5. The lowest BCUT2D eigenvalue weighted by atomic mass is 10.3. The molecule has 0 bridgehead atoms. The third-order valence-corrected chi connectivity index (χ3v) is 0.785. The van der Waals surface area contributed by atoms with Crippen LogP contribution in [0.15, 0.2) is 0 Å². The number of hydroxylamine groups is 2. The van der Waals surface area contributed by atoms with Crippen molar-refractivity contribution in [2.45, 2.75) is 6.04 Å². The summed E-state index contributed by atoms with van der Waals surface area (Å²) in [5, 5.41) is 15.8. The SMILES string of the molecule is NC(C(=O)NO)C(=O)NO. The third-order valence-electron chi connectivity index (χ3n) is 0.785. The second-order valence-corrected chi connectivity index (χ2v) is 1.43. The molecule has 0 aliphatic carbocycles. The Hall–Kier alpha value is -1.18. The topological polar surface area (TPSA) is 125 Å². The van der Waals surface area contributed by atoms with Crippen molar-refractivity contribution in [2.24, 2.45) is 5.73 Å². The monoisotopic (exact) mass is 149 g/mol. The number of carbonyl (C=O) groups excluding carboxylic acids is 2. The number of nitrogens with one attached hydrogen (secondary N) is 2. The van der Waals surface area contributed by atoms with Crippen LogP contribution in [0.1, 0.15) is 0 Å². The summed E-state index contributed by atoms with van der Waals surface area (Å²) >= 11 is 0. The predicted molar refractivity (Wildman–Crippen MR) is 27.8 cm³/mol. The molecule has 0 heterocycles. The summed E-state index contributed by atoms with van der Waals surface area (Å²) in [6.45, 7) is 0. The van der Waals surface area contributed by atoms with E-state index in [-0.39, 0.29) is 0 Å². The maximum Gasteiger partial charge on any atom is 0.270 e. The van der Waals surface area contributed by atoms with Crippen LogP contribution in [0.2, 0.25) is 0 Å². The first-order valence-corrected chi connectivity index (χ1v) is 2.27. The molecule has 0 aromatic rings. The molecule has 10 heavy (non-hydrogen) atoms. The Morgan fingerprint density at radius 1 is 1.20 bits per heavy atom. The lowest BCUT2D eigenvalue weighted by Gasteiger charge is -2.04. The van der Waals surface area contributed by atoms with Gasteiger partial charge >= 0.3 is 0 Å². The molecule has 0 atom stereocenters. The first-order valence-electron chi connectivity index (χ1n) is 2.27. The van der Waals surface area contributed by atoms with Crippen LogP contribution in [0.4, 0.5) is 0 Å². The van der Waals surface area contributed by atoms with Crippen LogP contribution in [0.3, 0.4) is 0 Å². The molecule has 0 unspecified atom stereocenters. The Morgan fingerprint density at radius 3 is 1.70 bits per heavy atom. The summed E-state index contributed by atoms with van der Waals surface area (Å²) in [7, 11) is 0. The van der Waals surface area contributed by atoms with Gasteiger partial charge in [-0.1, -0.05) is 0 Å². The molecular weight excluding hydrogens is 142 g/mol. The van der Waals surface area contributed by atoms with Gasteiger partial charge in [0.25, 0.3) is 11.8 Å². The molecule has 0 aromatic heterocycles. The fraction of sp³-hybridized carbons (Fsp3) is 0.333. The van der Waals surface area contributed by atoms with Gasteiger partial charge in [-0.05, 0) is 0 Å². The minimum atomic E-state index is -1.60. The molecule has 0 aliphatic rings. The highest BCUT2D eigenvalue weighted by molar-refractivity contribution is 6.03. The van der Waals surface area contributed by atoms with Crippen LogP contribution < -0.4 is 16.7 Å². The zero-order valence-corrected chi connectivity index (χ0v) is 4.87. The highest BCUT2D eigenvalue weighted by Crippen LogP contribution is 1.75. The molecule has 7 heteroatoms. The molecule has 0 spiro atoms. The summed E-state index contributed by atoms with van der Waals surface area (Å²) < 4.78 is 0. The molecule has 0 saturated carbocycles. The Kier molecular flexibility index (Phi) is 3.33. The van der Waals surface area contributed by atoms with Crippen molar-refractivity contribution in [3.05, 3.63) is 0 Å². The van der Waals surface area contributed by atoms with E-state index in [9.17, 15) is 9.59 Å². The van der Waals surface area contributed by atoms with Crippen molar-refractivity contribution >= 4 is 11.8 Å². The van der Waals surface area contributed by atoms with Gasteiger partial charge in [0.2, 0.25) is 0 Å². The highest BCUT2D eigenvalue weighted by Gasteiger charge is 2.20. The number of carbonyl (C=O) groups is 2. The second kappa shape index (κ2) is 3.77. The van der Waals surface area contributed by atoms with Crippen LogP contribution in [-0.4, -0.2) is 28.3 Å². The largest absolute Gasteiger partial charge is 0.312 e. The Balaban J connectivity index is 3.94. The minimum absolute atomic E-state index is 1.09. The van der Waals surface area contributed by atoms with E-state index >= 15 is 0 Å². The third kappa shape index (κ3) is 1.97. The van der Waals surface area contributed by atoms with Crippen LogP contribution in [-0.2, 0) is 9.59 Å². The van der Waals surface area contributed by atoms with Gasteiger partial charge in [0.05, 0.1) is 0 Å². The maximum atomic E-state index is 10.3. The summed E-state index contributed by atoms with van der Waals surface area (Å²) in [4.78, 5) is 20.5. The number of amides is 2. The summed E-state index contributed by atoms with van der Waals surface area (Å²) in [6.07, 6.45) is 0. The molecule has 0 fully saturated rings. The number of hydrogen-bond acceptors (Lipinski definition) is 5. The summed E-state index contributed by atoms with van der Waals surface area (Å²) in [5.74, 6) is -2.18. The normalized spacial score (nSPS) is 9.20. The van der Waals surface area contributed by atoms with Crippen molar-refractivity contribution in [1.29, 1.82) is 0 Å². The smallest absolute Gasteiger partial charge is 0.270 e. The molecule has 0 rings (SSSR count). The van der Waals surface area contributed by atoms with E-state index in [1.165, 1.54) is 0 Å². The first-order chi connectivity index (χ1) is 4.63. The molecule has 0 saturated heterocycles. The second-order valence-electron chi connectivity index (χ2n) is 1.43. The summed E-state index contributed by atoms with van der Waals surface area (Å²) in [6, 6.07) is -1.60. The van der Waals surface area contributed by atoms with Crippen LogP contribution in [0.5, 0.6) is 0 Å². The van der Waals surface area contributed by atoms with E-state index < -0.39 is 17.9 Å². The summed E-state index contributed by atoms with van der Waals surface area (Å²) in [5.41, 5.74) is 7.13. The molecule has 0 aliphatic heterocycles. The van der Waals surface area contributed by atoms with Gasteiger partial charge in [0.1, 0.15) is 0 Å². The van der Waals surface area contributed by atoms with Gasteiger partial charge in [-0.3, -0.25) is 20.0 Å². The van der Waals surface area contributed by atoms with E-state index in [0.717, 1.165) is 11.0 Å². The van der Waals surface area contributed by atoms with E-state index in [1.807, 2.05) is 0 Å². The van der Waals surface area contributed by atoms with Gasteiger partial charge in [-0.2, -0.15) is 0 Å². The van der Waals surface area contributed by atoms with Crippen molar-refractivity contribution < 1.29 is 20.0 Å². The van der Waals surface area contributed by atoms with Crippen molar-refractivity contribution in [3.8, 4) is 0 Å². The Labute approximate surface area is 55.7 Å². The fourth-order valence-electron chi connectivity index (χ4n) is 0.258. The van der Waals surface area contributed by atoms with Gasteiger partial charge < -0.3 is 5.73 Å². The highest BCUT2D eigenvalue weighted by atomic mass is 16.5. The molecule has 6 N–H and O–H groups in total. The number of nitrogens with two attached hydrogens (primary N) is 1. The zero-order valence-electron chi connectivity index (χ0n) is 4.87. The lowest BCUT2D eigenvalue weighted by molar-refractivity contribution is -0.140. The van der Waals surface area contributed by atoms with E-state index in [2.05, 4.69) is 0 Å². The molecule has 7 nitrogen and oxygen atoms in total. The average molecular weight is 149 g/mol. The van der Waals surface area contributed by atoms with Gasteiger partial charge in [-0.15, -0.1) is 0 Å². The van der Waals surface area contributed by atoms with Crippen molar-refractivity contribution in [3.63, 3.8) is 0 Å². The van der Waals surface area contributed by atoms with Crippen LogP contribution in [0, 0.1) is 0 Å². The quantitative estimate of drug-likeness (QED) is 0.166. The Bertz CT molecular complexity index is 131. The van der Waals surface area contributed by atoms with Crippen molar-refractivity contribution in [2.75, 3.05) is 0 Å².